The fourth-order valence-corrected chi connectivity index (χ4v) is 3.92. The monoisotopic (exact) mass is 299 g/mol. The molecular weight excluding hydrogens is 274 g/mol. The number of halogens is 1. The average Bonchev–Trinajstić information content (AvgIpc) is 2.81. The number of likely N-dealkylation sites (N-methyl/N-ethyl adjacent to an activating group) is 1. The molecule has 1 aliphatic carbocycles. The van der Waals surface area contributed by atoms with Crippen LogP contribution in [0.25, 0.3) is 0 Å². The van der Waals surface area contributed by atoms with Crippen molar-refractivity contribution in [3.05, 3.63) is 16.9 Å². The van der Waals surface area contributed by atoms with Gasteiger partial charge in [0.1, 0.15) is 0 Å². The zero-order valence-corrected chi connectivity index (χ0v) is 13.7. The minimum Gasteiger partial charge on any atom is -0.376 e. The summed E-state index contributed by atoms with van der Waals surface area (Å²) >= 11 is 6.39. The van der Waals surface area contributed by atoms with Crippen LogP contribution in [0.15, 0.2) is 6.20 Å². The summed E-state index contributed by atoms with van der Waals surface area (Å²) in [6.45, 7) is 5.20. The van der Waals surface area contributed by atoms with Crippen LogP contribution in [0.4, 0.5) is 0 Å². The maximum absolute atomic E-state index is 6.39. The van der Waals surface area contributed by atoms with Crippen LogP contribution >= 0.6 is 11.6 Å². The van der Waals surface area contributed by atoms with Gasteiger partial charge in [-0.15, -0.1) is 0 Å². The van der Waals surface area contributed by atoms with Gasteiger partial charge in [0.2, 0.25) is 0 Å². The van der Waals surface area contributed by atoms with Gasteiger partial charge in [0.25, 0.3) is 0 Å². The molecule has 0 radical (unpaired) electrons. The highest BCUT2D eigenvalue weighted by atomic mass is 35.5. The lowest BCUT2D eigenvalue weighted by molar-refractivity contribution is -0.0807. The van der Waals surface area contributed by atoms with E-state index in [1.54, 1.807) is 6.20 Å². The van der Waals surface area contributed by atoms with Crippen LogP contribution < -0.4 is 5.32 Å². The van der Waals surface area contributed by atoms with Crippen LogP contribution in [0.1, 0.15) is 51.3 Å². The summed E-state index contributed by atoms with van der Waals surface area (Å²) in [6, 6.07) is 0.0743. The van der Waals surface area contributed by atoms with Crippen LogP contribution in [0.2, 0.25) is 5.02 Å². The molecule has 1 aromatic rings. The number of aryl methyl sites for hydroxylation is 1. The first kappa shape index (κ1) is 15.8. The van der Waals surface area contributed by atoms with Crippen molar-refractivity contribution in [1.29, 1.82) is 0 Å². The normalized spacial score (nSPS) is 28.6. The van der Waals surface area contributed by atoms with E-state index in [0.29, 0.717) is 5.92 Å². The first-order valence-corrected chi connectivity index (χ1v) is 7.89. The van der Waals surface area contributed by atoms with E-state index in [0.717, 1.165) is 30.1 Å². The number of ether oxygens (including phenoxy) is 1. The third-order valence-corrected chi connectivity index (χ3v) is 4.91. The zero-order valence-electron chi connectivity index (χ0n) is 12.9. The molecule has 4 nitrogen and oxygen atoms in total. The molecule has 1 fully saturated rings. The Bertz CT molecular complexity index is 448. The summed E-state index contributed by atoms with van der Waals surface area (Å²) < 4.78 is 7.99. The lowest BCUT2D eigenvalue weighted by Gasteiger charge is -2.44. The molecular formula is C15H26ClN3O. The van der Waals surface area contributed by atoms with E-state index >= 15 is 0 Å². The smallest absolute Gasteiger partial charge is 0.0890 e. The predicted molar refractivity (Wildman–Crippen MR) is 82.1 cm³/mol. The summed E-state index contributed by atoms with van der Waals surface area (Å²) in [5.74, 6) is 0.677. The van der Waals surface area contributed by atoms with Crippen molar-refractivity contribution >= 4 is 11.6 Å². The number of methoxy groups -OCH3 is 1. The van der Waals surface area contributed by atoms with Crippen molar-refractivity contribution in [2.24, 2.45) is 5.92 Å². The van der Waals surface area contributed by atoms with E-state index in [2.05, 4.69) is 24.3 Å². The SMILES string of the molecule is CCn1ncc(Cl)c1C(NC)C1(OC)CCCC(C)C1. The van der Waals surface area contributed by atoms with Gasteiger partial charge in [0.15, 0.2) is 0 Å². The van der Waals surface area contributed by atoms with Gasteiger partial charge in [-0.1, -0.05) is 31.4 Å². The van der Waals surface area contributed by atoms with Crippen molar-refractivity contribution in [3.8, 4) is 0 Å². The van der Waals surface area contributed by atoms with Gasteiger partial charge < -0.3 is 10.1 Å². The molecule has 3 atom stereocenters. The Morgan fingerprint density at radius 2 is 2.40 bits per heavy atom. The number of hydrogen-bond acceptors (Lipinski definition) is 3. The lowest BCUT2D eigenvalue weighted by atomic mass is 9.73. The number of rotatable bonds is 5. The zero-order chi connectivity index (χ0) is 14.8. The molecule has 1 aliphatic rings. The minimum atomic E-state index is -0.191. The van der Waals surface area contributed by atoms with Gasteiger partial charge >= 0.3 is 0 Å². The van der Waals surface area contributed by atoms with E-state index < -0.39 is 0 Å². The molecule has 1 heterocycles. The van der Waals surface area contributed by atoms with Crippen LogP contribution in [0, 0.1) is 5.92 Å². The molecule has 0 spiro atoms. The Kier molecular flexibility index (Phi) is 5.10. The molecule has 3 unspecified atom stereocenters. The van der Waals surface area contributed by atoms with Gasteiger partial charge in [-0.05, 0) is 32.7 Å². The van der Waals surface area contributed by atoms with Gasteiger partial charge in [-0.2, -0.15) is 5.10 Å². The Hall–Kier alpha value is -0.580. The van der Waals surface area contributed by atoms with Crippen LogP contribution in [-0.2, 0) is 11.3 Å². The fraction of sp³-hybridized carbons (Fsp3) is 0.800. The molecule has 1 N–H and O–H groups in total. The van der Waals surface area contributed by atoms with Gasteiger partial charge in [-0.3, -0.25) is 4.68 Å². The Morgan fingerprint density at radius 1 is 1.65 bits per heavy atom. The largest absolute Gasteiger partial charge is 0.376 e. The summed E-state index contributed by atoms with van der Waals surface area (Å²) in [4.78, 5) is 0. The highest BCUT2D eigenvalue weighted by Crippen LogP contribution is 2.44. The highest BCUT2D eigenvalue weighted by Gasteiger charge is 2.44. The highest BCUT2D eigenvalue weighted by molar-refractivity contribution is 6.31. The van der Waals surface area contributed by atoms with Crippen molar-refractivity contribution in [2.45, 2.75) is 57.7 Å². The third kappa shape index (κ3) is 2.74. The molecule has 20 heavy (non-hydrogen) atoms. The summed E-state index contributed by atoms with van der Waals surface area (Å²) in [5, 5.41) is 8.53. The average molecular weight is 300 g/mol. The number of nitrogens with zero attached hydrogens (tertiary/aromatic N) is 2. The van der Waals surface area contributed by atoms with Gasteiger partial charge in [-0.25, -0.2) is 0 Å². The quantitative estimate of drug-likeness (QED) is 0.905. The van der Waals surface area contributed by atoms with Crippen LogP contribution in [0.5, 0.6) is 0 Å². The fourth-order valence-electron chi connectivity index (χ4n) is 3.67. The van der Waals surface area contributed by atoms with E-state index in [-0.39, 0.29) is 11.6 Å². The van der Waals surface area contributed by atoms with Crippen molar-refractivity contribution in [1.82, 2.24) is 15.1 Å². The molecule has 0 aromatic carbocycles. The lowest BCUT2D eigenvalue weighted by Crippen LogP contribution is -2.48. The topological polar surface area (TPSA) is 39.1 Å². The number of nitrogens with one attached hydrogen (secondary N) is 1. The second kappa shape index (κ2) is 6.46. The molecule has 114 valence electrons. The molecule has 0 amide bonds. The first-order chi connectivity index (χ1) is 9.57. The second-order valence-electron chi connectivity index (χ2n) is 5.89. The standard InChI is InChI=1S/C15H26ClN3O/c1-5-19-13(12(16)10-18-19)14(17-3)15(20-4)8-6-7-11(2)9-15/h10-11,14,17H,5-9H2,1-4H3. The summed E-state index contributed by atoms with van der Waals surface area (Å²) in [5.41, 5.74) is 0.857. The summed E-state index contributed by atoms with van der Waals surface area (Å²) in [7, 11) is 3.80. The maximum atomic E-state index is 6.39. The Balaban J connectivity index is 2.41. The van der Waals surface area contributed by atoms with Crippen molar-refractivity contribution in [3.63, 3.8) is 0 Å². The van der Waals surface area contributed by atoms with Crippen LogP contribution in [0.3, 0.4) is 0 Å². The summed E-state index contributed by atoms with van der Waals surface area (Å²) in [6.07, 6.45) is 6.33. The molecule has 2 rings (SSSR count). The van der Waals surface area contributed by atoms with E-state index in [4.69, 9.17) is 16.3 Å². The molecule has 0 bridgehead atoms. The van der Waals surface area contributed by atoms with E-state index in [9.17, 15) is 0 Å². The minimum absolute atomic E-state index is 0.0743. The second-order valence-corrected chi connectivity index (χ2v) is 6.29. The van der Waals surface area contributed by atoms with Gasteiger partial charge in [0.05, 0.1) is 28.6 Å². The van der Waals surface area contributed by atoms with Gasteiger partial charge in [0, 0.05) is 13.7 Å². The molecule has 0 saturated heterocycles. The molecule has 1 saturated carbocycles. The van der Waals surface area contributed by atoms with Crippen molar-refractivity contribution < 1.29 is 4.74 Å². The maximum Gasteiger partial charge on any atom is 0.0890 e. The molecule has 1 aromatic heterocycles. The first-order valence-electron chi connectivity index (χ1n) is 7.51. The van der Waals surface area contributed by atoms with Crippen molar-refractivity contribution in [2.75, 3.05) is 14.2 Å². The van der Waals surface area contributed by atoms with E-state index in [1.165, 1.54) is 12.8 Å². The third-order valence-electron chi connectivity index (χ3n) is 4.62. The van der Waals surface area contributed by atoms with Crippen LogP contribution in [-0.4, -0.2) is 29.5 Å². The Morgan fingerprint density at radius 3 is 2.95 bits per heavy atom. The Labute approximate surface area is 126 Å². The number of aromatic nitrogens is 2. The van der Waals surface area contributed by atoms with E-state index in [1.807, 2.05) is 18.8 Å². The number of hydrogen-bond donors (Lipinski definition) is 1. The predicted octanol–water partition coefficient (Wildman–Crippen LogP) is 3.41. The molecule has 5 heteroatoms. The molecule has 0 aliphatic heterocycles.